The average Bonchev–Trinajstić information content (AvgIpc) is 2.38. The van der Waals surface area contributed by atoms with Crippen LogP contribution in [0.5, 0.6) is 0 Å². The van der Waals surface area contributed by atoms with E-state index in [-0.39, 0.29) is 0 Å². The molecule has 1 heterocycles. The first kappa shape index (κ1) is 10.8. The van der Waals surface area contributed by atoms with Gasteiger partial charge in [0.15, 0.2) is 0 Å². The predicted octanol–water partition coefficient (Wildman–Crippen LogP) is 3.04. The fraction of sp³-hybridized carbons (Fsp3) is 1.00. The Morgan fingerprint density at radius 1 is 1.36 bits per heavy atom. The number of rotatable bonds is 3. The van der Waals surface area contributed by atoms with E-state index in [4.69, 9.17) is 5.73 Å². The molecule has 1 aliphatic heterocycles. The summed E-state index contributed by atoms with van der Waals surface area (Å²) in [5.74, 6) is 2.29. The largest absolute Gasteiger partial charge is 0.330 e. The van der Waals surface area contributed by atoms with Crippen molar-refractivity contribution in [2.45, 2.75) is 50.7 Å². The molecule has 0 radical (unpaired) electrons. The van der Waals surface area contributed by atoms with Crippen molar-refractivity contribution in [3.8, 4) is 0 Å². The second-order valence-corrected chi connectivity index (χ2v) is 7.30. The average molecular weight is 213 g/mol. The van der Waals surface area contributed by atoms with Crippen molar-refractivity contribution < 1.29 is 0 Å². The molecule has 1 nitrogen and oxygen atoms in total. The van der Waals surface area contributed by atoms with Gasteiger partial charge in [-0.25, -0.2) is 0 Å². The third kappa shape index (κ3) is 1.61. The lowest BCUT2D eigenvalue weighted by atomic mass is 9.56. The minimum Gasteiger partial charge on any atom is -0.330 e. The third-order valence-electron chi connectivity index (χ3n) is 4.45. The first-order chi connectivity index (χ1) is 6.61. The summed E-state index contributed by atoms with van der Waals surface area (Å²) in [5, 5.41) is 0. The monoisotopic (exact) mass is 213 g/mol. The highest BCUT2D eigenvalue weighted by molar-refractivity contribution is 8.00. The Morgan fingerprint density at radius 2 is 2.07 bits per heavy atom. The Morgan fingerprint density at radius 3 is 2.43 bits per heavy atom. The fourth-order valence-corrected chi connectivity index (χ4v) is 5.07. The summed E-state index contributed by atoms with van der Waals surface area (Å²) in [6.45, 7) is 5.76. The van der Waals surface area contributed by atoms with Crippen LogP contribution in [-0.2, 0) is 0 Å². The van der Waals surface area contributed by atoms with E-state index in [0.717, 1.165) is 12.5 Å². The number of hydrogen-bond acceptors (Lipinski definition) is 2. The van der Waals surface area contributed by atoms with E-state index in [1.807, 2.05) is 0 Å². The van der Waals surface area contributed by atoms with Gasteiger partial charge in [-0.3, -0.25) is 0 Å². The molecule has 2 fully saturated rings. The van der Waals surface area contributed by atoms with E-state index >= 15 is 0 Å². The van der Waals surface area contributed by atoms with Crippen molar-refractivity contribution in [2.75, 3.05) is 12.3 Å². The molecule has 1 unspecified atom stereocenters. The van der Waals surface area contributed by atoms with Gasteiger partial charge in [-0.1, -0.05) is 20.3 Å². The van der Waals surface area contributed by atoms with Crippen LogP contribution in [0.1, 0.15) is 46.0 Å². The SMILES string of the molecule is CC1(C)SCCC1C1(CCN)CCC1. The minimum absolute atomic E-state index is 0.510. The molecule has 0 spiro atoms. The highest BCUT2D eigenvalue weighted by atomic mass is 32.2. The Labute approximate surface area is 92.2 Å². The highest BCUT2D eigenvalue weighted by Gasteiger charge is 2.51. The van der Waals surface area contributed by atoms with Crippen LogP contribution in [-0.4, -0.2) is 17.0 Å². The molecule has 2 aliphatic rings. The van der Waals surface area contributed by atoms with Gasteiger partial charge in [-0.15, -0.1) is 0 Å². The summed E-state index contributed by atoms with van der Waals surface area (Å²) < 4.78 is 0.510. The maximum absolute atomic E-state index is 5.77. The third-order valence-corrected chi connectivity index (χ3v) is 5.92. The molecule has 82 valence electrons. The zero-order valence-corrected chi connectivity index (χ0v) is 10.3. The van der Waals surface area contributed by atoms with E-state index < -0.39 is 0 Å². The predicted molar refractivity (Wildman–Crippen MR) is 64.6 cm³/mol. The topological polar surface area (TPSA) is 26.0 Å². The second kappa shape index (κ2) is 3.71. The van der Waals surface area contributed by atoms with E-state index in [2.05, 4.69) is 25.6 Å². The summed E-state index contributed by atoms with van der Waals surface area (Å²) in [5.41, 5.74) is 6.41. The number of thioether (sulfide) groups is 1. The molecule has 0 aromatic rings. The van der Waals surface area contributed by atoms with Crippen LogP contribution in [0.3, 0.4) is 0 Å². The van der Waals surface area contributed by atoms with E-state index in [1.165, 1.54) is 37.9 Å². The molecular formula is C12H23NS. The Balaban J connectivity index is 2.11. The summed E-state index contributed by atoms with van der Waals surface area (Å²) in [6.07, 6.45) is 7.02. The van der Waals surface area contributed by atoms with Crippen LogP contribution in [0, 0.1) is 11.3 Å². The van der Waals surface area contributed by atoms with Crippen LogP contribution in [0.2, 0.25) is 0 Å². The molecule has 2 heteroatoms. The van der Waals surface area contributed by atoms with Crippen molar-refractivity contribution >= 4 is 11.8 Å². The van der Waals surface area contributed by atoms with E-state index in [1.54, 1.807) is 0 Å². The van der Waals surface area contributed by atoms with Crippen molar-refractivity contribution in [1.82, 2.24) is 0 Å². The molecule has 1 atom stereocenters. The standard InChI is InChI=1S/C12H23NS/c1-11(2)10(4-9-14-11)12(7-8-13)5-3-6-12/h10H,3-9,13H2,1-2H3. The molecule has 1 saturated heterocycles. The smallest absolute Gasteiger partial charge is 0.0137 e. The molecular weight excluding hydrogens is 190 g/mol. The summed E-state index contributed by atoms with van der Waals surface area (Å²) >= 11 is 2.17. The van der Waals surface area contributed by atoms with Crippen LogP contribution < -0.4 is 5.73 Å². The Kier molecular flexibility index (Phi) is 2.87. The van der Waals surface area contributed by atoms with Crippen molar-refractivity contribution in [1.29, 1.82) is 0 Å². The van der Waals surface area contributed by atoms with Gasteiger partial charge in [0.25, 0.3) is 0 Å². The van der Waals surface area contributed by atoms with Crippen molar-refractivity contribution in [3.63, 3.8) is 0 Å². The molecule has 0 aromatic carbocycles. The molecule has 0 bridgehead atoms. The van der Waals surface area contributed by atoms with E-state index in [9.17, 15) is 0 Å². The maximum atomic E-state index is 5.77. The van der Waals surface area contributed by atoms with Crippen LogP contribution >= 0.6 is 11.8 Å². The van der Waals surface area contributed by atoms with Crippen LogP contribution in [0.25, 0.3) is 0 Å². The molecule has 1 aliphatic carbocycles. The zero-order valence-electron chi connectivity index (χ0n) is 9.51. The maximum Gasteiger partial charge on any atom is 0.0137 e. The first-order valence-corrected chi connectivity index (χ1v) is 6.93. The van der Waals surface area contributed by atoms with Crippen molar-refractivity contribution in [3.05, 3.63) is 0 Å². The van der Waals surface area contributed by atoms with Gasteiger partial charge in [0.1, 0.15) is 0 Å². The van der Waals surface area contributed by atoms with Gasteiger partial charge >= 0.3 is 0 Å². The summed E-state index contributed by atoms with van der Waals surface area (Å²) in [6, 6.07) is 0. The lowest BCUT2D eigenvalue weighted by molar-refractivity contribution is 0.0268. The van der Waals surface area contributed by atoms with Gasteiger partial charge in [-0.2, -0.15) is 11.8 Å². The molecule has 14 heavy (non-hydrogen) atoms. The van der Waals surface area contributed by atoms with Gasteiger partial charge in [0.2, 0.25) is 0 Å². The highest BCUT2D eigenvalue weighted by Crippen LogP contribution is 2.60. The number of nitrogens with two attached hydrogens (primary N) is 1. The van der Waals surface area contributed by atoms with Crippen LogP contribution in [0.4, 0.5) is 0 Å². The lowest BCUT2D eigenvalue weighted by Gasteiger charge is -2.51. The Hall–Kier alpha value is 0.310. The molecule has 2 N–H and O–H groups in total. The summed E-state index contributed by atoms with van der Waals surface area (Å²) in [7, 11) is 0. The minimum atomic E-state index is 0.510. The summed E-state index contributed by atoms with van der Waals surface area (Å²) in [4.78, 5) is 0. The van der Waals surface area contributed by atoms with Gasteiger partial charge in [0.05, 0.1) is 0 Å². The van der Waals surface area contributed by atoms with Gasteiger partial charge < -0.3 is 5.73 Å². The zero-order chi connectivity index (χ0) is 10.2. The molecule has 2 rings (SSSR count). The Bertz CT molecular complexity index is 208. The van der Waals surface area contributed by atoms with E-state index in [0.29, 0.717) is 10.2 Å². The van der Waals surface area contributed by atoms with Gasteiger partial charge in [-0.05, 0) is 49.3 Å². The number of hydrogen-bond donors (Lipinski definition) is 1. The normalized spacial score (nSPS) is 34.1. The second-order valence-electron chi connectivity index (χ2n) is 5.55. The quantitative estimate of drug-likeness (QED) is 0.780. The first-order valence-electron chi connectivity index (χ1n) is 5.95. The molecule has 0 aromatic heterocycles. The van der Waals surface area contributed by atoms with Crippen LogP contribution in [0.15, 0.2) is 0 Å². The van der Waals surface area contributed by atoms with Gasteiger partial charge in [0, 0.05) is 4.75 Å². The molecule has 0 amide bonds. The fourth-order valence-electron chi connectivity index (χ4n) is 3.62. The molecule has 1 saturated carbocycles. The van der Waals surface area contributed by atoms with Crippen molar-refractivity contribution in [2.24, 2.45) is 17.1 Å². The lowest BCUT2D eigenvalue weighted by Crippen LogP contribution is -2.45.